The van der Waals surface area contributed by atoms with E-state index < -0.39 is 0 Å². The van der Waals surface area contributed by atoms with Crippen molar-refractivity contribution in [3.63, 3.8) is 0 Å². The molecule has 1 N–H and O–H groups in total. The zero-order valence-corrected chi connectivity index (χ0v) is 8.85. The summed E-state index contributed by atoms with van der Waals surface area (Å²) >= 11 is 0. The fourth-order valence-electron chi connectivity index (χ4n) is 2.00. The van der Waals surface area contributed by atoms with E-state index >= 15 is 0 Å². The van der Waals surface area contributed by atoms with Crippen LogP contribution in [-0.2, 0) is 6.42 Å². The summed E-state index contributed by atoms with van der Waals surface area (Å²) in [6, 6.07) is 17.8. The summed E-state index contributed by atoms with van der Waals surface area (Å²) in [7, 11) is 0. The lowest BCUT2D eigenvalue weighted by atomic mass is 10.1. The van der Waals surface area contributed by atoms with Crippen LogP contribution in [-0.4, -0.2) is 5.11 Å². The minimum atomic E-state index is 0.322. The van der Waals surface area contributed by atoms with E-state index in [0.29, 0.717) is 5.75 Å². The summed E-state index contributed by atoms with van der Waals surface area (Å²) in [5.41, 5.74) is 2.79. The van der Waals surface area contributed by atoms with Crippen LogP contribution in [0.5, 0.6) is 5.75 Å². The first-order chi connectivity index (χ1) is 7.84. The molecule has 0 fully saturated rings. The van der Waals surface area contributed by atoms with Crippen molar-refractivity contribution < 1.29 is 5.11 Å². The van der Waals surface area contributed by atoms with Crippen LogP contribution in [0.15, 0.2) is 54.6 Å². The predicted octanol–water partition coefficient (Wildman–Crippen LogP) is 3.57. The van der Waals surface area contributed by atoms with Crippen molar-refractivity contribution in [1.29, 1.82) is 0 Å². The number of phenolic OH excluding ortho intramolecular Hbond substituents is 1. The van der Waals surface area contributed by atoms with Crippen LogP contribution in [0.1, 0.15) is 11.1 Å². The third kappa shape index (κ3) is 1.61. The number of fused-ring (bicyclic) bond motifs is 3. The molecule has 0 heterocycles. The third-order valence-corrected chi connectivity index (χ3v) is 2.90. The summed E-state index contributed by atoms with van der Waals surface area (Å²) in [5.74, 6) is 0.322. The molecule has 2 aromatic rings. The lowest BCUT2D eigenvalue weighted by Crippen LogP contribution is -1.69. The second-order valence-electron chi connectivity index (χ2n) is 4.06. The van der Waals surface area contributed by atoms with E-state index in [4.69, 9.17) is 0 Å². The number of rotatable bonds is 0. The van der Waals surface area contributed by atoms with Gasteiger partial charge in [-0.3, -0.25) is 0 Å². The van der Waals surface area contributed by atoms with Gasteiger partial charge in [0.05, 0.1) is 0 Å². The number of hydrogen-bond donors (Lipinski definition) is 1. The molecule has 1 heteroatoms. The van der Waals surface area contributed by atoms with Crippen molar-refractivity contribution in [2.75, 3.05) is 0 Å². The Bertz CT molecular complexity index is 613. The summed E-state index contributed by atoms with van der Waals surface area (Å²) in [6.45, 7) is 0. The quantitative estimate of drug-likeness (QED) is 0.598. The van der Waals surface area contributed by atoms with E-state index in [1.165, 1.54) is 16.5 Å². The lowest BCUT2D eigenvalue weighted by molar-refractivity contribution is 0.476. The van der Waals surface area contributed by atoms with Crippen LogP contribution >= 0.6 is 0 Å². The maximum Gasteiger partial charge on any atom is 0.116 e. The molecular weight excluding hydrogens is 196 g/mol. The maximum atomic E-state index is 9.49. The summed E-state index contributed by atoms with van der Waals surface area (Å²) in [6.07, 6.45) is 1.07. The fraction of sp³-hybridized carbons (Fsp3) is 0.0667. The van der Waals surface area contributed by atoms with Gasteiger partial charge < -0.3 is 5.11 Å². The molecule has 3 rings (SSSR count). The first-order valence-corrected chi connectivity index (χ1v) is 5.41. The summed E-state index contributed by atoms with van der Waals surface area (Å²) in [5, 5.41) is 11.8. The van der Waals surface area contributed by atoms with E-state index in [1.54, 1.807) is 6.07 Å². The van der Waals surface area contributed by atoms with Crippen molar-refractivity contribution in [3.05, 3.63) is 65.7 Å². The van der Waals surface area contributed by atoms with E-state index in [9.17, 15) is 5.11 Å². The molecule has 1 aliphatic carbocycles. The van der Waals surface area contributed by atoms with E-state index in [1.807, 2.05) is 36.4 Å². The van der Waals surface area contributed by atoms with Crippen LogP contribution < -0.4 is 0 Å². The summed E-state index contributed by atoms with van der Waals surface area (Å²) in [4.78, 5) is 0. The number of hydrogen-bond acceptors (Lipinski definition) is 1. The van der Waals surface area contributed by atoms with Crippen molar-refractivity contribution in [1.82, 2.24) is 0 Å². The van der Waals surface area contributed by atoms with Crippen LogP contribution in [0.3, 0.4) is 0 Å². The number of phenols is 1. The maximum absolute atomic E-state index is 9.49. The van der Waals surface area contributed by atoms with Gasteiger partial charge in [-0.1, -0.05) is 42.5 Å². The van der Waals surface area contributed by atoms with Gasteiger partial charge in [0.2, 0.25) is 0 Å². The highest BCUT2D eigenvalue weighted by atomic mass is 16.3. The molecule has 0 saturated carbocycles. The molecule has 0 amide bonds. The molecule has 78 valence electrons. The van der Waals surface area contributed by atoms with Gasteiger partial charge in [-0.15, -0.1) is 0 Å². The molecule has 0 spiro atoms. The van der Waals surface area contributed by atoms with Crippen LogP contribution in [0.2, 0.25) is 0 Å². The van der Waals surface area contributed by atoms with E-state index in [0.717, 1.165) is 11.8 Å². The van der Waals surface area contributed by atoms with Gasteiger partial charge in [0.15, 0.2) is 0 Å². The molecule has 0 aliphatic heterocycles. The smallest absolute Gasteiger partial charge is 0.116 e. The number of benzene rings is 1. The van der Waals surface area contributed by atoms with Gasteiger partial charge in [0.1, 0.15) is 5.75 Å². The van der Waals surface area contributed by atoms with Crippen molar-refractivity contribution in [2.24, 2.45) is 0 Å². The molecule has 0 saturated heterocycles. The SMILES string of the molecule is Oc1ccc2c3c(ccccccc2c1)C3. The first-order valence-electron chi connectivity index (χ1n) is 5.41. The van der Waals surface area contributed by atoms with Crippen LogP contribution in [0.4, 0.5) is 0 Å². The molecule has 0 bridgehead atoms. The molecule has 0 unspecified atom stereocenters. The van der Waals surface area contributed by atoms with Crippen molar-refractivity contribution >= 4 is 10.8 Å². The second-order valence-corrected chi connectivity index (χ2v) is 4.06. The van der Waals surface area contributed by atoms with Gasteiger partial charge >= 0.3 is 0 Å². The van der Waals surface area contributed by atoms with Gasteiger partial charge in [-0.25, -0.2) is 0 Å². The minimum absolute atomic E-state index is 0.322. The average Bonchev–Trinajstić information content (AvgIpc) is 3.03. The zero-order valence-electron chi connectivity index (χ0n) is 8.85. The highest BCUT2D eigenvalue weighted by Gasteiger charge is 2.16. The largest absolute Gasteiger partial charge is 0.508 e. The standard InChI is InChI=1S/C15H12O/c16-13-7-8-14-11(9-13)5-3-1-2-4-6-12-10-15(12)14/h1-9,16H,10H2. The first kappa shape index (κ1) is 9.22. The Labute approximate surface area is 94.3 Å². The van der Waals surface area contributed by atoms with Gasteiger partial charge in [-0.2, -0.15) is 0 Å². The van der Waals surface area contributed by atoms with Crippen LogP contribution in [0.25, 0.3) is 10.8 Å². The van der Waals surface area contributed by atoms with Crippen LogP contribution in [0, 0.1) is 0 Å². The Morgan fingerprint density at radius 1 is 0.875 bits per heavy atom. The monoisotopic (exact) mass is 208 g/mol. The fourth-order valence-corrected chi connectivity index (χ4v) is 2.00. The molecule has 0 atom stereocenters. The predicted molar refractivity (Wildman–Crippen MR) is 66.0 cm³/mol. The van der Waals surface area contributed by atoms with Gasteiger partial charge in [-0.05, 0) is 40.5 Å². The highest BCUT2D eigenvalue weighted by molar-refractivity contribution is 5.89. The van der Waals surface area contributed by atoms with E-state index in [2.05, 4.69) is 12.1 Å². The molecule has 1 aliphatic rings. The summed E-state index contributed by atoms with van der Waals surface area (Å²) < 4.78 is 0. The normalized spacial score (nSPS) is 11.8. The molecule has 0 radical (unpaired) electrons. The Kier molecular flexibility index (Phi) is 2.03. The lowest BCUT2D eigenvalue weighted by Gasteiger charge is -1.94. The van der Waals surface area contributed by atoms with Gasteiger partial charge in [0.25, 0.3) is 0 Å². The Morgan fingerprint density at radius 2 is 1.69 bits per heavy atom. The van der Waals surface area contributed by atoms with Crippen molar-refractivity contribution in [2.45, 2.75) is 6.42 Å². The molecular formula is C15H12O. The highest BCUT2D eigenvalue weighted by Crippen LogP contribution is 2.33. The number of aromatic hydroxyl groups is 1. The average molecular weight is 208 g/mol. The zero-order chi connectivity index (χ0) is 11.0. The van der Waals surface area contributed by atoms with Gasteiger partial charge in [0, 0.05) is 0 Å². The third-order valence-electron chi connectivity index (χ3n) is 2.90. The Morgan fingerprint density at radius 3 is 2.56 bits per heavy atom. The molecule has 0 aromatic heterocycles. The second kappa shape index (κ2) is 3.53. The Hall–Kier alpha value is -2.02. The molecule has 1 nitrogen and oxygen atoms in total. The van der Waals surface area contributed by atoms with E-state index in [-0.39, 0.29) is 0 Å². The minimum Gasteiger partial charge on any atom is -0.508 e. The molecule has 2 aromatic carbocycles. The molecule has 16 heavy (non-hydrogen) atoms. The topological polar surface area (TPSA) is 20.2 Å². The van der Waals surface area contributed by atoms with Crippen molar-refractivity contribution in [3.8, 4) is 5.75 Å². The Balaban J connectivity index is 2.41.